The third kappa shape index (κ3) is 7.52. The SMILES string of the molecule is COc1ccc(CCC(=O)NCCCN2CCN(Cc3ccccc3)CC2)cc1. The molecule has 0 radical (unpaired) electrons. The topological polar surface area (TPSA) is 44.8 Å². The minimum Gasteiger partial charge on any atom is -0.497 e. The van der Waals surface area contributed by atoms with Gasteiger partial charge in [-0.2, -0.15) is 0 Å². The maximum Gasteiger partial charge on any atom is 0.220 e. The number of carbonyl (C=O) groups is 1. The second-order valence-corrected chi connectivity index (χ2v) is 7.65. The van der Waals surface area contributed by atoms with E-state index in [1.165, 1.54) is 5.56 Å². The van der Waals surface area contributed by atoms with Crippen molar-refractivity contribution in [2.24, 2.45) is 0 Å². The van der Waals surface area contributed by atoms with Crippen LogP contribution in [0.2, 0.25) is 0 Å². The first-order valence-electron chi connectivity index (χ1n) is 10.6. The van der Waals surface area contributed by atoms with Crippen molar-refractivity contribution < 1.29 is 9.53 Å². The van der Waals surface area contributed by atoms with Gasteiger partial charge in [0.1, 0.15) is 5.75 Å². The summed E-state index contributed by atoms with van der Waals surface area (Å²) in [5.74, 6) is 0.979. The molecular formula is C24H33N3O2. The van der Waals surface area contributed by atoms with Crippen LogP contribution in [0.15, 0.2) is 54.6 Å². The molecule has 1 N–H and O–H groups in total. The Hall–Kier alpha value is -2.37. The van der Waals surface area contributed by atoms with Gasteiger partial charge in [-0.3, -0.25) is 9.69 Å². The Kier molecular flexibility index (Phi) is 8.53. The molecule has 5 nitrogen and oxygen atoms in total. The zero-order chi connectivity index (χ0) is 20.3. The molecule has 29 heavy (non-hydrogen) atoms. The average Bonchev–Trinajstić information content (AvgIpc) is 2.77. The largest absolute Gasteiger partial charge is 0.497 e. The molecule has 2 aromatic rings. The lowest BCUT2D eigenvalue weighted by Crippen LogP contribution is -2.46. The maximum atomic E-state index is 12.1. The lowest BCUT2D eigenvalue weighted by Gasteiger charge is -2.34. The summed E-state index contributed by atoms with van der Waals surface area (Å²) in [6.45, 7) is 7.30. The second-order valence-electron chi connectivity index (χ2n) is 7.65. The van der Waals surface area contributed by atoms with E-state index in [4.69, 9.17) is 4.74 Å². The van der Waals surface area contributed by atoms with Crippen LogP contribution in [0.25, 0.3) is 0 Å². The molecule has 0 aliphatic carbocycles. The molecule has 2 aromatic carbocycles. The Morgan fingerprint density at radius 3 is 2.31 bits per heavy atom. The lowest BCUT2D eigenvalue weighted by molar-refractivity contribution is -0.121. The zero-order valence-corrected chi connectivity index (χ0v) is 17.5. The van der Waals surface area contributed by atoms with E-state index in [1.807, 2.05) is 24.3 Å². The molecule has 156 valence electrons. The first kappa shape index (κ1) is 21.3. The molecular weight excluding hydrogens is 362 g/mol. The minimum atomic E-state index is 0.133. The van der Waals surface area contributed by atoms with Gasteiger partial charge in [0.25, 0.3) is 0 Å². The predicted molar refractivity (Wildman–Crippen MR) is 117 cm³/mol. The van der Waals surface area contributed by atoms with Gasteiger partial charge >= 0.3 is 0 Å². The molecule has 0 aromatic heterocycles. The summed E-state index contributed by atoms with van der Waals surface area (Å²) in [5, 5.41) is 3.06. The van der Waals surface area contributed by atoms with Crippen molar-refractivity contribution in [2.45, 2.75) is 25.8 Å². The van der Waals surface area contributed by atoms with Crippen molar-refractivity contribution >= 4 is 5.91 Å². The molecule has 0 saturated carbocycles. The normalized spacial score (nSPS) is 15.2. The van der Waals surface area contributed by atoms with E-state index < -0.39 is 0 Å². The molecule has 1 saturated heterocycles. The monoisotopic (exact) mass is 395 g/mol. The molecule has 0 spiro atoms. The van der Waals surface area contributed by atoms with Crippen LogP contribution in [-0.4, -0.2) is 62.1 Å². The van der Waals surface area contributed by atoms with Crippen molar-refractivity contribution in [1.82, 2.24) is 15.1 Å². The number of piperazine rings is 1. The van der Waals surface area contributed by atoms with Gasteiger partial charge in [0, 0.05) is 45.7 Å². The number of nitrogens with zero attached hydrogens (tertiary/aromatic N) is 2. The molecule has 0 atom stereocenters. The van der Waals surface area contributed by atoms with E-state index >= 15 is 0 Å². The van der Waals surface area contributed by atoms with Crippen molar-refractivity contribution in [2.75, 3.05) is 46.4 Å². The van der Waals surface area contributed by atoms with Gasteiger partial charge < -0.3 is 15.0 Å². The lowest BCUT2D eigenvalue weighted by atomic mass is 10.1. The van der Waals surface area contributed by atoms with E-state index in [-0.39, 0.29) is 5.91 Å². The number of amides is 1. The highest BCUT2D eigenvalue weighted by Crippen LogP contribution is 2.12. The van der Waals surface area contributed by atoms with Crippen molar-refractivity contribution in [3.8, 4) is 5.75 Å². The number of carbonyl (C=O) groups excluding carboxylic acids is 1. The standard InChI is InChI=1S/C24H33N3O2/c1-29-23-11-8-21(9-12-23)10-13-24(28)25-14-5-15-26-16-18-27(19-17-26)20-22-6-3-2-4-7-22/h2-4,6-9,11-12H,5,10,13-20H2,1H3,(H,25,28). The molecule has 1 aliphatic rings. The summed E-state index contributed by atoms with van der Waals surface area (Å²) >= 11 is 0. The molecule has 1 amide bonds. The van der Waals surface area contributed by atoms with Gasteiger partial charge in [-0.15, -0.1) is 0 Å². The van der Waals surface area contributed by atoms with Crippen molar-refractivity contribution in [3.63, 3.8) is 0 Å². The second kappa shape index (κ2) is 11.6. The van der Waals surface area contributed by atoms with E-state index in [1.54, 1.807) is 7.11 Å². The van der Waals surface area contributed by atoms with Gasteiger partial charge in [0.05, 0.1) is 7.11 Å². The predicted octanol–water partition coefficient (Wildman–Crippen LogP) is 2.95. The highest BCUT2D eigenvalue weighted by molar-refractivity contribution is 5.76. The molecule has 1 fully saturated rings. The number of aryl methyl sites for hydroxylation is 1. The van der Waals surface area contributed by atoms with Crippen molar-refractivity contribution in [3.05, 3.63) is 65.7 Å². The Morgan fingerprint density at radius 2 is 1.62 bits per heavy atom. The fraction of sp³-hybridized carbons (Fsp3) is 0.458. The number of rotatable bonds is 10. The van der Waals surface area contributed by atoms with E-state index in [0.717, 1.165) is 70.0 Å². The van der Waals surface area contributed by atoms with Crippen LogP contribution in [0, 0.1) is 0 Å². The smallest absolute Gasteiger partial charge is 0.220 e. The maximum absolute atomic E-state index is 12.1. The van der Waals surface area contributed by atoms with Gasteiger partial charge in [-0.05, 0) is 42.6 Å². The Balaban J connectivity index is 1.23. The quantitative estimate of drug-likeness (QED) is 0.628. The van der Waals surface area contributed by atoms with Crippen LogP contribution >= 0.6 is 0 Å². The third-order valence-electron chi connectivity index (χ3n) is 5.49. The fourth-order valence-corrected chi connectivity index (χ4v) is 3.68. The number of ether oxygens (including phenoxy) is 1. The van der Waals surface area contributed by atoms with Crippen LogP contribution < -0.4 is 10.1 Å². The number of benzene rings is 2. The van der Waals surface area contributed by atoms with Gasteiger partial charge in [-0.1, -0.05) is 42.5 Å². The molecule has 5 heteroatoms. The van der Waals surface area contributed by atoms with Gasteiger partial charge in [0.15, 0.2) is 0 Å². The molecule has 1 heterocycles. The van der Waals surface area contributed by atoms with Gasteiger partial charge in [0.2, 0.25) is 5.91 Å². The highest BCUT2D eigenvalue weighted by atomic mass is 16.5. The minimum absolute atomic E-state index is 0.133. The fourth-order valence-electron chi connectivity index (χ4n) is 3.68. The summed E-state index contributed by atoms with van der Waals surface area (Å²) in [4.78, 5) is 17.1. The summed E-state index contributed by atoms with van der Waals surface area (Å²) in [7, 11) is 1.66. The molecule has 1 aliphatic heterocycles. The zero-order valence-electron chi connectivity index (χ0n) is 17.5. The number of hydrogen-bond acceptors (Lipinski definition) is 4. The molecule has 0 unspecified atom stereocenters. The van der Waals surface area contributed by atoms with Crippen molar-refractivity contribution in [1.29, 1.82) is 0 Å². The van der Waals surface area contributed by atoms with Crippen LogP contribution in [0.5, 0.6) is 5.75 Å². The Bertz CT molecular complexity index is 726. The van der Waals surface area contributed by atoms with Crippen LogP contribution in [0.3, 0.4) is 0 Å². The van der Waals surface area contributed by atoms with E-state index in [0.29, 0.717) is 6.42 Å². The van der Waals surface area contributed by atoms with Crippen LogP contribution in [-0.2, 0) is 17.8 Å². The Morgan fingerprint density at radius 1 is 0.931 bits per heavy atom. The van der Waals surface area contributed by atoms with Crippen LogP contribution in [0.1, 0.15) is 24.0 Å². The van der Waals surface area contributed by atoms with E-state index in [9.17, 15) is 4.79 Å². The Labute approximate surface area is 174 Å². The summed E-state index contributed by atoms with van der Waals surface area (Å²) in [5.41, 5.74) is 2.55. The number of nitrogens with one attached hydrogen (secondary N) is 1. The number of methoxy groups -OCH3 is 1. The first-order chi connectivity index (χ1) is 14.2. The third-order valence-corrected chi connectivity index (χ3v) is 5.49. The summed E-state index contributed by atoms with van der Waals surface area (Å²) < 4.78 is 5.16. The highest BCUT2D eigenvalue weighted by Gasteiger charge is 2.16. The molecule has 3 rings (SSSR count). The molecule has 0 bridgehead atoms. The summed E-state index contributed by atoms with van der Waals surface area (Å²) in [6.07, 6.45) is 2.30. The summed E-state index contributed by atoms with van der Waals surface area (Å²) in [6, 6.07) is 18.6. The number of hydrogen-bond donors (Lipinski definition) is 1. The average molecular weight is 396 g/mol. The van der Waals surface area contributed by atoms with Gasteiger partial charge in [-0.25, -0.2) is 0 Å². The van der Waals surface area contributed by atoms with E-state index in [2.05, 4.69) is 45.4 Å². The van der Waals surface area contributed by atoms with Crippen LogP contribution in [0.4, 0.5) is 0 Å². The first-order valence-corrected chi connectivity index (χ1v) is 10.6.